The Bertz CT molecular complexity index is 357. The largest absolute Gasteiger partial charge is 0.321 e. The summed E-state index contributed by atoms with van der Waals surface area (Å²) >= 11 is 6.19. The smallest absolute Gasteiger partial charge is 0.230 e. The molecule has 0 spiro atoms. The zero-order valence-electron chi connectivity index (χ0n) is 5.69. The van der Waals surface area contributed by atoms with E-state index in [9.17, 15) is 0 Å². The van der Waals surface area contributed by atoms with E-state index in [0.717, 1.165) is 9.47 Å². The van der Waals surface area contributed by atoms with Crippen molar-refractivity contribution in [1.82, 2.24) is 14.8 Å². The van der Waals surface area contributed by atoms with Crippen molar-refractivity contribution in [3.63, 3.8) is 0 Å². The molecule has 0 aliphatic rings. The van der Waals surface area contributed by atoms with E-state index in [0.29, 0.717) is 5.13 Å². The Morgan fingerprint density at radius 3 is 3.00 bits per heavy atom. The Hall–Kier alpha value is -0.530. The summed E-state index contributed by atoms with van der Waals surface area (Å²) in [7, 11) is 0. The highest BCUT2D eigenvalue weighted by atomic mass is 79.9. The van der Waals surface area contributed by atoms with E-state index in [1.807, 2.05) is 11.4 Å². The number of nitrogens with one attached hydrogen (secondary N) is 1. The van der Waals surface area contributed by atoms with Gasteiger partial charge in [0.05, 0.1) is 5.00 Å². The molecular weight excluding hydrogens is 260 g/mol. The average Bonchev–Trinajstić information content (AvgIpc) is 2.63. The number of rotatable bonds is 2. The van der Waals surface area contributed by atoms with Crippen LogP contribution in [0.15, 0.2) is 15.9 Å². The van der Waals surface area contributed by atoms with Crippen LogP contribution in [0.3, 0.4) is 0 Å². The maximum absolute atomic E-state index is 3.76. The molecular formula is C5H3BrN4S2. The molecule has 0 saturated carbocycles. The van der Waals surface area contributed by atoms with Crippen LogP contribution >= 0.6 is 38.8 Å². The van der Waals surface area contributed by atoms with Gasteiger partial charge in [-0.3, -0.25) is 0 Å². The van der Waals surface area contributed by atoms with Crippen LogP contribution in [0.4, 0.5) is 10.1 Å². The van der Waals surface area contributed by atoms with Crippen LogP contribution in [0.2, 0.25) is 0 Å². The first-order chi connectivity index (χ1) is 5.84. The van der Waals surface area contributed by atoms with Crippen LogP contribution in [-0.2, 0) is 0 Å². The second kappa shape index (κ2) is 3.46. The standard InChI is InChI=1S/C5H3BrN4S2/c6-3-1-4(11-2-3)7-5-8-9-10-12-5/h1-2H,(H,7,8,10). The Balaban J connectivity index is 2.14. The van der Waals surface area contributed by atoms with Crippen LogP contribution in [0.5, 0.6) is 0 Å². The minimum atomic E-state index is 0.712. The van der Waals surface area contributed by atoms with E-state index in [-0.39, 0.29) is 0 Å². The third-order valence-electron chi connectivity index (χ3n) is 1.10. The SMILES string of the molecule is Brc1csc(Nc2nnns2)c1. The molecule has 0 bridgehead atoms. The van der Waals surface area contributed by atoms with Crippen molar-refractivity contribution in [2.24, 2.45) is 0 Å². The lowest BCUT2D eigenvalue weighted by Gasteiger charge is -1.92. The molecule has 2 aromatic rings. The Labute approximate surface area is 84.9 Å². The fraction of sp³-hybridized carbons (Fsp3) is 0. The second-order valence-electron chi connectivity index (χ2n) is 1.92. The van der Waals surface area contributed by atoms with Crippen LogP contribution in [0.25, 0.3) is 0 Å². The molecule has 12 heavy (non-hydrogen) atoms. The van der Waals surface area contributed by atoms with Crippen molar-refractivity contribution >= 4 is 48.9 Å². The van der Waals surface area contributed by atoms with Gasteiger partial charge in [-0.1, -0.05) is 9.59 Å². The highest BCUT2D eigenvalue weighted by Crippen LogP contribution is 2.27. The molecule has 1 N–H and O–H groups in total. The van der Waals surface area contributed by atoms with E-state index in [4.69, 9.17) is 0 Å². The highest BCUT2D eigenvalue weighted by Gasteiger charge is 2.00. The predicted molar refractivity (Wildman–Crippen MR) is 53.0 cm³/mol. The van der Waals surface area contributed by atoms with Gasteiger partial charge in [-0.15, -0.1) is 11.3 Å². The molecule has 2 aromatic heterocycles. The minimum Gasteiger partial charge on any atom is -0.321 e. The summed E-state index contributed by atoms with van der Waals surface area (Å²) in [6.45, 7) is 0. The number of thiophene rings is 1. The quantitative estimate of drug-likeness (QED) is 0.904. The molecule has 0 aromatic carbocycles. The normalized spacial score (nSPS) is 10.1. The van der Waals surface area contributed by atoms with Gasteiger partial charge in [0.15, 0.2) is 0 Å². The van der Waals surface area contributed by atoms with Gasteiger partial charge in [0.1, 0.15) is 0 Å². The summed E-state index contributed by atoms with van der Waals surface area (Å²) < 4.78 is 4.70. The zero-order valence-corrected chi connectivity index (χ0v) is 8.91. The topological polar surface area (TPSA) is 50.7 Å². The van der Waals surface area contributed by atoms with E-state index in [2.05, 4.69) is 36.0 Å². The molecule has 0 amide bonds. The molecule has 4 nitrogen and oxygen atoms in total. The molecule has 7 heteroatoms. The molecule has 0 atom stereocenters. The van der Waals surface area contributed by atoms with Crippen molar-refractivity contribution < 1.29 is 0 Å². The van der Waals surface area contributed by atoms with Gasteiger partial charge < -0.3 is 5.32 Å². The van der Waals surface area contributed by atoms with Crippen molar-refractivity contribution in [1.29, 1.82) is 0 Å². The van der Waals surface area contributed by atoms with E-state index in [1.165, 1.54) is 11.5 Å². The molecule has 0 aliphatic carbocycles. The molecule has 2 heterocycles. The van der Waals surface area contributed by atoms with E-state index >= 15 is 0 Å². The first-order valence-corrected chi connectivity index (χ1v) is 5.45. The maximum Gasteiger partial charge on any atom is 0.230 e. The number of aromatic nitrogens is 3. The third kappa shape index (κ3) is 1.79. The fourth-order valence-corrected chi connectivity index (χ4v) is 2.43. The summed E-state index contributed by atoms with van der Waals surface area (Å²) in [4.78, 5) is 0. The molecule has 62 valence electrons. The number of halogens is 1. The molecule has 0 fully saturated rings. The molecule has 2 rings (SSSR count). The molecule has 0 saturated heterocycles. The first kappa shape index (κ1) is 8.09. The van der Waals surface area contributed by atoms with E-state index in [1.54, 1.807) is 11.3 Å². The fourth-order valence-electron chi connectivity index (χ4n) is 0.666. The lowest BCUT2D eigenvalue weighted by atomic mass is 10.6. The summed E-state index contributed by atoms with van der Waals surface area (Å²) in [5.41, 5.74) is 0. The van der Waals surface area contributed by atoms with Gasteiger partial charge in [0, 0.05) is 21.4 Å². The van der Waals surface area contributed by atoms with Gasteiger partial charge in [0.25, 0.3) is 0 Å². The third-order valence-corrected chi connectivity index (χ3v) is 3.21. The Morgan fingerprint density at radius 1 is 1.50 bits per heavy atom. The predicted octanol–water partition coefficient (Wildman–Crippen LogP) is 2.50. The van der Waals surface area contributed by atoms with Gasteiger partial charge in [-0.25, -0.2) is 0 Å². The average molecular weight is 263 g/mol. The lowest BCUT2D eigenvalue weighted by Crippen LogP contribution is -1.84. The van der Waals surface area contributed by atoms with Crippen molar-refractivity contribution in [3.05, 3.63) is 15.9 Å². The minimum absolute atomic E-state index is 0.712. The lowest BCUT2D eigenvalue weighted by molar-refractivity contribution is 0.961. The summed E-state index contributed by atoms with van der Waals surface area (Å²) in [5.74, 6) is 0. The first-order valence-electron chi connectivity index (χ1n) is 3.01. The van der Waals surface area contributed by atoms with Crippen LogP contribution < -0.4 is 5.32 Å². The summed E-state index contributed by atoms with van der Waals surface area (Å²) in [6.07, 6.45) is 0. The highest BCUT2D eigenvalue weighted by molar-refractivity contribution is 9.10. The Morgan fingerprint density at radius 2 is 2.42 bits per heavy atom. The van der Waals surface area contributed by atoms with Crippen molar-refractivity contribution in [2.75, 3.05) is 5.32 Å². The number of hydrogen-bond acceptors (Lipinski definition) is 6. The number of anilines is 2. The Kier molecular flexibility index (Phi) is 2.33. The molecule has 0 aliphatic heterocycles. The van der Waals surface area contributed by atoms with Gasteiger partial charge in [-0.05, 0) is 27.2 Å². The van der Waals surface area contributed by atoms with Crippen LogP contribution in [-0.4, -0.2) is 14.8 Å². The number of nitrogens with zero attached hydrogens (tertiary/aromatic N) is 3. The van der Waals surface area contributed by atoms with Crippen LogP contribution in [0.1, 0.15) is 0 Å². The van der Waals surface area contributed by atoms with Crippen molar-refractivity contribution in [3.8, 4) is 0 Å². The monoisotopic (exact) mass is 262 g/mol. The summed E-state index contributed by atoms with van der Waals surface area (Å²) in [5, 5.41) is 14.0. The van der Waals surface area contributed by atoms with Crippen LogP contribution in [0, 0.1) is 0 Å². The molecule has 0 unspecified atom stereocenters. The summed E-state index contributed by atoms with van der Waals surface area (Å²) in [6, 6.07) is 1.98. The number of hydrogen-bond donors (Lipinski definition) is 1. The molecule has 0 radical (unpaired) electrons. The second-order valence-corrected chi connectivity index (χ2v) is 4.48. The van der Waals surface area contributed by atoms with Crippen molar-refractivity contribution in [2.45, 2.75) is 0 Å². The van der Waals surface area contributed by atoms with E-state index < -0.39 is 0 Å². The van der Waals surface area contributed by atoms with Gasteiger partial charge in [-0.2, -0.15) is 0 Å². The van der Waals surface area contributed by atoms with Gasteiger partial charge >= 0.3 is 0 Å². The van der Waals surface area contributed by atoms with Gasteiger partial charge in [0.2, 0.25) is 5.13 Å². The maximum atomic E-state index is 3.76. The zero-order chi connectivity index (χ0) is 8.39.